The van der Waals surface area contributed by atoms with Crippen molar-refractivity contribution in [3.8, 4) is 5.75 Å². The SMILES string of the molecule is CC(=O)Nc1ccc(S(=O)(=O)NC2CCN(C(=O)COc3ccccc3)CC2)cc1. The summed E-state index contributed by atoms with van der Waals surface area (Å²) in [5.74, 6) is 0.297. The van der Waals surface area contributed by atoms with E-state index in [1.165, 1.54) is 19.1 Å². The standard InChI is InChI=1S/C21H25N3O5S/c1-16(25)22-17-7-9-20(10-8-17)30(27,28)23-18-11-13-24(14-12-18)21(26)15-29-19-5-3-2-4-6-19/h2-10,18,23H,11-15H2,1H3,(H,22,25). The summed E-state index contributed by atoms with van der Waals surface area (Å²) in [6.45, 7) is 2.27. The fourth-order valence-corrected chi connectivity index (χ4v) is 4.51. The molecule has 0 atom stereocenters. The zero-order valence-corrected chi connectivity index (χ0v) is 17.5. The average molecular weight is 432 g/mol. The molecule has 0 saturated carbocycles. The largest absolute Gasteiger partial charge is 0.484 e. The summed E-state index contributed by atoms with van der Waals surface area (Å²) in [5.41, 5.74) is 0.533. The first kappa shape index (κ1) is 21.8. The third kappa shape index (κ3) is 6.04. The summed E-state index contributed by atoms with van der Waals surface area (Å²) in [7, 11) is -3.68. The number of likely N-dealkylation sites (tertiary alicyclic amines) is 1. The van der Waals surface area contributed by atoms with Crippen molar-refractivity contribution in [3.63, 3.8) is 0 Å². The highest BCUT2D eigenvalue weighted by Gasteiger charge is 2.26. The quantitative estimate of drug-likeness (QED) is 0.698. The molecule has 0 aromatic heterocycles. The molecule has 8 nitrogen and oxygen atoms in total. The summed E-state index contributed by atoms with van der Waals surface area (Å²) in [4.78, 5) is 25.2. The molecule has 0 bridgehead atoms. The van der Waals surface area contributed by atoms with Crippen molar-refractivity contribution in [1.82, 2.24) is 9.62 Å². The number of sulfonamides is 1. The van der Waals surface area contributed by atoms with Crippen molar-refractivity contribution >= 4 is 27.5 Å². The molecule has 1 saturated heterocycles. The van der Waals surface area contributed by atoms with Gasteiger partial charge in [0, 0.05) is 31.7 Å². The summed E-state index contributed by atoms with van der Waals surface area (Å²) >= 11 is 0. The van der Waals surface area contributed by atoms with E-state index in [1.807, 2.05) is 18.2 Å². The maximum atomic E-state index is 12.6. The lowest BCUT2D eigenvalue weighted by atomic mass is 10.1. The number of hydrogen-bond acceptors (Lipinski definition) is 5. The van der Waals surface area contributed by atoms with E-state index < -0.39 is 10.0 Å². The van der Waals surface area contributed by atoms with Gasteiger partial charge in [-0.05, 0) is 49.2 Å². The first-order valence-corrected chi connectivity index (χ1v) is 11.2. The van der Waals surface area contributed by atoms with Gasteiger partial charge in [0.25, 0.3) is 5.91 Å². The molecule has 1 aliphatic rings. The zero-order valence-electron chi connectivity index (χ0n) is 16.7. The van der Waals surface area contributed by atoms with Gasteiger partial charge in [-0.2, -0.15) is 0 Å². The lowest BCUT2D eigenvalue weighted by Gasteiger charge is -2.32. The van der Waals surface area contributed by atoms with Gasteiger partial charge in [0.05, 0.1) is 4.90 Å². The van der Waals surface area contributed by atoms with Crippen LogP contribution in [-0.2, 0) is 19.6 Å². The van der Waals surface area contributed by atoms with Gasteiger partial charge in [-0.25, -0.2) is 13.1 Å². The van der Waals surface area contributed by atoms with Crippen molar-refractivity contribution in [2.75, 3.05) is 25.0 Å². The monoisotopic (exact) mass is 431 g/mol. The van der Waals surface area contributed by atoms with Crippen molar-refractivity contribution in [3.05, 3.63) is 54.6 Å². The van der Waals surface area contributed by atoms with Crippen LogP contribution >= 0.6 is 0 Å². The Morgan fingerprint density at radius 3 is 2.27 bits per heavy atom. The molecule has 30 heavy (non-hydrogen) atoms. The van der Waals surface area contributed by atoms with Crippen molar-refractivity contribution in [1.29, 1.82) is 0 Å². The number of ether oxygens (including phenoxy) is 1. The number of carbonyl (C=O) groups is 2. The molecule has 0 spiro atoms. The second kappa shape index (κ2) is 9.73. The van der Waals surface area contributed by atoms with Crippen LogP contribution in [0, 0.1) is 0 Å². The minimum absolute atomic E-state index is 0.0406. The van der Waals surface area contributed by atoms with E-state index >= 15 is 0 Å². The number of anilines is 1. The Hall–Kier alpha value is -2.91. The number of benzene rings is 2. The number of carbonyl (C=O) groups excluding carboxylic acids is 2. The van der Waals surface area contributed by atoms with Gasteiger partial charge in [0.1, 0.15) is 5.75 Å². The van der Waals surface area contributed by atoms with E-state index in [2.05, 4.69) is 10.0 Å². The van der Waals surface area contributed by atoms with Gasteiger partial charge in [-0.3, -0.25) is 9.59 Å². The Balaban J connectivity index is 1.48. The third-order valence-corrected chi connectivity index (χ3v) is 6.30. The topological polar surface area (TPSA) is 105 Å². The fourth-order valence-electron chi connectivity index (χ4n) is 3.21. The smallest absolute Gasteiger partial charge is 0.260 e. The molecular formula is C21H25N3O5S. The molecule has 1 heterocycles. The van der Waals surface area contributed by atoms with E-state index in [0.29, 0.717) is 37.4 Å². The molecule has 2 aromatic rings. The van der Waals surface area contributed by atoms with Crippen LogP contribution < -0.4 is 14.8 Å². The Morgan fingerprint density at radius 1 is 1.03 bits per heavy atom. The van der Waals surface area contributed by atoms with Crippen molar-refractivity contribution < 1.29 is 22.7 Å². The maximum Gasteiger partial charge on any atom is 0.260 e. The van der Waals surface area contributed by atoms with Crippen LogP contribution in [-0.4, -0.2) is 50.9 Å². The number of rotatable bonds is 7. The number of para-hydroxylation sites is 1. The number of nitrogens with one attached hydrogen (secondary N) is 2. The molecule has 2 N–H and O–H groups in total. The molecule has 1 aliphatic heterocycles. The Morgan fingerprint density at radius 2 is 1.67 bits per heavy atom. The van der Waals surface area contributed by atoms with E-state index in [0.717, 1.165) is 0 Å². The molecule has 160 valence electrons. The Bertz CT molecular complexity index is 969. The minimum Gasteiger partial charge on any atom is -0.484 e. The van der Waals surface area contributed by atoms with Crippen molar-refractivity contribution in [2.45, 2.75) is 30.7 Å². The van der Waals surface area contributed by atoms with E-state index in [9.17, 15) is 18.0 Å². The van der Waals surface area contributed by atoms with Crippen molar-refractivity contribution in [2.24, 2.45) is 0 Å². The normalized spacial score (nSPS) is 14.9. The molecule has 0 aliphatic carbocycles. The number of amides is 2. The summed E-state index contributed by atoms with van der Waals surface area (Å²) in [6.07, 6.45) is 1.06. The van der Waals surface area contributed by atoms with Crippen LogP contribution in [0.25, 0.3) is 0 Å². The predicted molar refractivity (Wildman–Crippen MR) is 113 cm³/mol. The lowest BCUT2D eigenvalue weighted by molar-refractivity contribution is -0.134. The molecule has 2 amide bonds. The second-order valence-corrected chi connectivity index (χ2v) is 8.80. The summed E-state index contributed by atoms with van der Waals surface area (Å²) in [5, 5.41) is 2.60. The Kier molecular flexibility index (Phi) is 7.07. The van der Waals surface area contributed by atoms with Gasteiger partial charge in [-0.1, -0.05) is 18.2 Å². The summed E-state index contributed by atoms with van der Waals surface area (Å²) in [6, 6.07) is 14.9. The highest BCUT2D eigenvalue weighted by molar-refractivity contribution is 7.89. The summed E-state index contributed by atoms with van der Waals surface area (Å²) < 4.78 is 33.4. The van der Waals surface area contributed by atoms with E-state index in [-0.39, 0.29) is 29.4 Å². The molecular weight excluding hydrogens is 406 g/mol. The number of nitrogens with zero attached hydrogens (tertiary/aromatic N) is 1. The molecule has 1 fully saturated rings. The minimum atomic E-state index is -3.68. The van der Waals surface area contributed by atoms with Crippen LogP contribution in [0.1, 0.15) is 19.8 Å². The fraction of sp³-hybridized carbons (Fsp3) is 0.333. The van der Waals surface area contributed by atoms with Gasteiger partial charge < -0.3 is 15.0 Å². The van der Waals surface area contributed by atoms with Gasteiger partial charge in [0.2, 0.25) is 15.9 Å². The number of hydrogen-bond donors (Lipinski definition) is 2. The Labute approximate surface area is 176 Å². The first-order chi connectivity index (χ1) is 14.3. The van der Waals surface area contributed by atoms with E-state index in [4.69, 9.17) is 4.74 Å². The maximum absolute atomic E-state index is 12.6. The highest BCUT2D eigenvalue weighted by atomic mass is 32.2. The first-order valence-electron chi connectivity index (χ1n) is 9.69. The van der Waals surface area contributed by atoms with Crippen LogP contribution in [0.4, 0.5) is 5.69 Å². The van der Waals surface area contributed by atoms with Crippen LogP contribution in [0.15, 0.2) is 59.5 Å². The molecule has 0 unspecified atom stereocenters. The van der Waals surface area contributed by atoms with Crippen LogP contribution in [0.3, 0.4) is 0 Å². The molecule has 9 heteroatoms. The second-order valence-electron chi connectivity index (χ2n) is 7.08. The van der Waals surface area contributed by atoms with Gasteiger partial charge in [-0.15, -0.1) is 0 Å². The number of piperidine rings is 1. The predicted octanol–water partition coefficient (Wildman–Crippen LogP) is 1.99. The van der Waals surface area contributed by atoms with Gasteiger partial charge in [0.15, 0.2) is 6.61 Å². The molecule has 2 aromatic carbocycles. The van der Waals surface area contributed by atoms with Gasteiger partial charge >= 0.3 is 0 Å². The zero-order chi connectivity index (χ0) is 21.6. The molecule has 0 radical (unpaired) electrons. The molecule has 3 rings (SSSR count). The third-order valence-electron chi connectivity index (χ3n) is 4.76. The lowest BCUT2D eigenvalue weighted by Crippen LogP contribution is -2.47. The van der Waals surface area contributed by atoms with E-state index in [1.54, 1.807) is 29.2 Å². The average Bonchev–Trinajstić information content (AvgIpc) is 2.73. The van der Waals surface area contributed by atoms with Crippen LogP contribution in [0.2, 0.25) is 0 Å². The highest BCUT2D eigenvalue weighted by Crippen LogP contribution is 2.18. The van der Waals surface area contributed by atoms with Crippen LogP contribution in [0.5, 0.6) is 5.75 Å².